The Morgan fingerprint density at radius 2 is 1.59 bits per heavy atom. The topological polar surface area (TPSA) is 7.76 Å². The second kappa shape index (κ2) is 9.65. The van der Waals surface area contributed by atoms with Gasteiger partial charge >= 0.3 is 0 Å². The van der Waals surface area contributed by atoms with E-state index in [2.05, 4.69) is 136 Å². The highest BCUT2D eigenvalue weighted by atomic mass is 19.1. The van der Waals surface area contributed by atoms with Crippen molar-refractivity contribution >= 4 is 21.5 Å². The molecule has 2 aliphatic heterocycles. The van der Waals surface area contributed by atoms with Gasteiger partial charge in [0.2, 0.25) is 11.4 Å². The van der Waals surface area contributed by atoms with Crippen molar-refractivity contribution in [1.29, 1.82) is 0 Å². The third kappa shape index (κ3) is 3.29. The van der Waals surface area contributed by atoms with Gasteiger partial charge in [-0.2, -0.15) is 9.13 Å². The Morgan fingerprint density at radius 3 is 2.39 bits per heavy atom. The number of halogens is 1. The Balaban J connectivity index is 1.36. The maximum Gasteiger partial charge on any atom is 0.221 e. The van der Waals surface area contributed by atoms with Crippen LogP contribution in [0.3, 0.4) is 0 Å². The van der Waals surface area contributed by atoms with Crippen molar-refractivity contribution in [3.63, 3.8) is 0 Å². The Morgan fingerprint density at radius 1 is 0.796 bits per heavy atom. The highest BCUT2D eigenvalue weighted by molar-refractivity contribution is 6.02. The quantitative estimate of drug-likeness (QED) is 0.165. The second-order valence-electron chi connectivity index (χ2n) is 16.0. The van der Waals surface area contributed by atoms with Crippen LogP contribution < -0.4 is 9.13 Å². The molecule has 2 nitrogen and oxygen atoms in total. The molecule has 1 saturated carbocycles. The summed E-state index contributed by atoms with van der Waals surface area (Å²) in [5.41, 5.74) is 11.7. The summed E-state index contributed by atoms with van der Waals surface area (Å²) in [7, 11) is 0. The van der Waals surface area contributed by atoms with E-state index in [0.717, 1.165) is 43.2 Å². The molecule has 4 aliphatic rings. The van der Waals surface area contributed by atoms with E-state index >= 15 is 4.39 Å². The van der Waals surface area contributed by atoms with Crippen LogP contribution in [0, 0.1) is 12.7 Å². The Labute approximate surface area is 289 Å². The third-order valence-corrected chi connectivity index (χ3v) is 13.6. The normalized spacial score (nSPS) is 22.6. The van der Waals surface area contributed by atoms with Gasteiger partial charge in [-0.05, 0) is 71.0 Å². The van der Waals surface area contributed by atoms with Gasteiger partial charge in [0.25, 0.3) is 0 Å². The number of rotatable bonds is 5. The van der Waals surface area contributed by atoms with E-state index in [9.17, 15) is 0 Å². The van der Waals surface area contributed by atoms with Crippen molar-refractivity contribution in [2.24, 2.45) is 0 Å². The molecule has 4 aromatic carbocycles. The minimum Gasteiger partial charge on any atom is -0.207 e. The lowest BCUT2D eigenvalue weighted by atomic mass is 9.60. The molecule has 0 saturated heterocycles. The van der Waals surface area contributed by atoms with Crippen LogP contribution >= 0.6 is 0 Å². The molecule has 0 bridgehead atoms. The Kier molecular flexibility index (Phi) is 5.82. The zero-order valence-electron chi connectivity index (χ0n) is 29.6. The van der Waals surface area contributed by atoms with E-state index in [1.165, 1.54) is 66.3 Å². The minimum atomic E-state index is -0.474. The van der Waals surface area contributed by atoms with Crippen LogP contribution in [0.15, 0.2) is 91.3 Å². The van der Waals surface area contributed by atoms with E-state index in [1.807, 2.05) is 6.07 Å². The molecule has 10 rings (SSSR count). The lowest BCUT2D eigenvalue weighted by Gasteiger charge is -2.45. The van der Waals surface area contributed by atoms with Crippen LogP contribution in [0.5, 0.6) is 0 Å². The summed E-state index contributed by atoms with van der Waals surface area (Å²) in [6, 6.07) is 29.8. The van der Waals surface area contributed by atoms with Crippen molar-refractivity contribution in [2.75, 3.05) is 0 Å². The summed E-state index contributed by atoms with van der Waals surface area (Å²) in [6.07, 6.45) is 10.1. The maximum atomic E-state index is 16.8. The van der Waals surface area contributed by atoms with E-state index in [1.54, 1.807) is 0 Å². The minimum absolute atomic E-state index is 0.0775. The van der Waals surface area contributed by atoms with Gasteiger partial charge in [0.1, 0.15) is 11.2 Å². The first-order chi connectivity index (χ1) is 23.7. The van der Waals surface area contributed by atoms with Gasteiger partial charge in [-0.3, -0.25) is 0 Å². The molecule has 0 amide bonds. The van der Waals surface area contributed by atoms with Gasteiger partial charge in [-0.15, -0.1) is 0 Å². The van der Waals surface area contributed by atoms with Crippen molar-refractivity contribution in [1.82, 2.24) is 0 Å². The van der Waals surface area contributed by atoms with Crippen molar-refractivity contribution in [3.8, 4) is 22.5 Å². The highest BCUT2D eigenvalue weighted by Crippen LogP contribution is 2.78. The molecule has 1 fully saturated rings. The average Bonchev–Trinajstić information content (AvgIpc) is 3.80. The predicted octanol–water partition coefficient (Wildman–Crippen LogP) is 10.5. The van der Waals surface area contributed by atoms with Gasteiger partial charge in [-0.25, -0.2) is 4.39 Å². The van der Waals surface area contributed by atoms with Crippen molar-refractivity contribution < 1.29 is 13.5 Å². The van der Waals surface area contributed by atoms with Gasteiger partial charge in [0.15, 0.2) is 24.0 Å². The average molecular weight is 645 g/mol. The molecule has 3 heteroatoms. The largest absolute Gasteiger partial charge is 0.221 e. The number of aromatic nitrogens is 2. The Hall–Kier alpha value is -4.37. The molecule has 3 unspecified atom stereocenters. The van der Waals surface area contributed by atoms with Crippen LogP contribution in [0.1, 0.15) is 106 Å². The number of unbranched alkanes of at least 4 members (excludes halogenated alkanes) is 1. The maximum absolute atomic E-state index is 16.8. The first-order valence-electron chi connectivity index (χ1n) is 18.6. The molecule has 0 radical (unpaired) electrons. The van der Waals surface area contributed by atoms with E-state index in [0.29, 0.717) is 0 Å². The summed E-state index contributed by atoms with van der Waals surface area (Å²) in [6.45, 7) is 13.8. The molecule has 1 spiro atoms. The molecule has 0 N–H and O–H groups in total. The number of aryl methyl sites for hydroxylation is 2. The second-order valence-corrected chi connectivity index (χ2v) is 16.0. The number of benzene rings is 4. The molecule has 2 aliphatic carbocycles. The molecule has 49 heavy (non-hydrogen) atoms. The third-order valence-electron chi connectivity index (χ3n) is 13.6. The first-order valence-corrected chi connectivity index (χ1v) is 18.6. The summed E-state index contributed by atoms with van der Waals surface area (Å²) < 4.78 is 22.1. The molecule has 244 valence electrons. The van der Waals surface area contributed by atoms with Crippen LogP contribution in [-0.4, -0.2) is 0 Å². The number of pyridine rings is 2. The van der Waals surface area contributed by atoms with Crippen LogP contribution in [0.25, 0.3) is 44.1 Å². The van der Waals surface area contributed by atoms with E-state index < -0.39 is 5.41 Å². The van der Waals surface area contributed by atoms with E-state index in [-0.39, 0.29) is 28.7 Å². The predicted molar refractivity (Wildman–Crippen MR) is 197 cm³/mol. The fourth-order valence-corrected chi connectivity index (χ4v) is 11.6. The first kappa shape index (κ1) is 29.5. The van der Waals surface area contributed by atoms with Crippen molar-refractivity contribution in [3.05, 3.63) is 130 Å². The van der Waals surface area contributed by atoms with Gasteiger partial charge in [0.05, 0.1) is 27.8 Å². The highest BCUT2D eigenvalue weighted by Gasteiger charge is 2.87. The molecular weight excluding hydrogens is 600 g/mol. The lowest BCUT2D eigenvalue weighted by molar-refractivity contribution is -0.775. The molecule has 3 atom stereocenters. The summed E-state index contributed by atoms with van der Waals surface area (Å²) >= 11 is 0. The molecule has 2 aromatic heterocycles. The standard InChI is InChI=1S/C46H45FN2/c1-7-10-13-28-25-30-21-23-49-42-37(30)35(26-28)44(5,6)40-36(47)19-18-34(38(40)42)46(45(49,8-2)9-3)39-32-17-16-27(4)24-33(32)41-31-15-12-11-14-29(31)20-22-48(41)43(39)46/h11-12,14-26,39,43H,7-10,13H2,1-6H3/q+2. The smallest absolute Gasteiger partial charge is 0.207 e. The zero-order valence-corrected chi connectivity index (χ0v) is 29.6. The Bertz CT molecular complexity index is 2430. The van der Waals surface area contributed by atoms with Crippen molar-refractivity contribution in [2.45, 2.75) is 102 Å². The summed E-state index contributed by atoms with van der Waals surface area (Å²) in [5, 5.41) is 5.19. The summed E-state index contributed by atoms with van der Waals surface area (Å²) in [5.74, 6) is 0.194. The number of hydrogen-bond donors (Lipinski definition) is 0. The number of hydrogen-bond acceptors (Lipinski definition) is 0. The van der Waals surface area contributed by atoms with E-state index in [4.69, 9.17) is 0 Å². The lowest BCUT2D eigenvalue weighted by Crippen LogP contribution is -2.67. The zero-order chi connectivity index (χ0) is 33.6. The molecular formula is C46H45FN2+2. The monoisotopic (exact) mass is 644 g/mol. The van der Waals surface area contributed by atoms with Crippen LogP contribution in [0.4, 0.5) is 4.39 Å². The van der Waals surface area contributed by atoms with Gasteiger partial charge < -0.3 is 0 Å². The fraction of sp³-hybridized carbons (Fsp3) is 0.348. The van der Waals surface area contributed by atoms with Gasteiger partial charge in [0, 0.05) is 36.0 Å². The SMILES string of the molecule is CCCCc1cc2c3c4[n+](ccc3c1)C(CC)(CC)C1(c3ccc(F)c(c3-4)C2(C)C)C2c3ccc(C)cc3-c3c4ccccc4cc[n+]3C21. The summed E-state index contributed by atoms with van der Waals surface area (Å²) in [4.78, 5) is 0. The molecule has 4 heterocycles. The number of fused-ring (bicyclic) bond motifs is 11. The molecule has 6 aromatic rings. The fourth-order valence-electron chi connectivity index (χ4n) is 11.6. The number of nitrogens with zero attached hydrogens (tertiary/aromatic N) is 2. The van der Waals surface area contributed by atoms with Crippen LogP contribution in [-0.2, 0) is 22.8 Å². The van der Waals surface area contributed by atoms with Gasteiger partial charge in [-0.1, -0.05) is 95.1 Å². The van der Waals surface area contributed by atoms with Crippen LogP contribution in [0.2, 0.25) is 0 Å².